The molecule has 6 nitrogen and oxygen atoms in total. The molecule has 0 aliphatic heterocycles. The Morgan fingerprint density at radius 2 is 1.74 bits per heavy atom. The Morgan fingerprint density at radius 3 is 2.37 bits per heavy atom. The zero-order chi connectivity index (χ0) is 19.8. The minimum absolute atomic E-state index is 0.121. The van der Waals surface area contributed by atoms with Crippen LogP contribution < -0.4 is 5.32 Å². The zero-order valence-electron chi connectivity index (χ0n) is 16.2. The monoisotopic (exact) mass is 367 g/mol. The molecule has 2 amide bonds. The van der Waals surface area contributed by atoms with Crippen LogP contribution in [0.1, 0.15) is 30.5 Å². The number of nitrogens with zero attached hydrogens (tertiary/aromatic N) is 2. The van der Waals surface area contributed by atoms with Crippen LogP contribution in [0.2, 0.25) is 0 Å². The van der Waals surface area contributed by atoms with Crippen molar-refractivity contribution in [1.82, 2.24) is 4.90 Å². The maximum absolute atomic E-state index is 12.2. The Labute approximate surface area is 159 Å². The van der Waals surface area contributed by atoms with Crippen LogP contribution in [0.4, 0.5) is 5.69 Å². The first-order valence-corrected chi connectivity index (χ1v) is 8.70. The van der Waals surface area contributed by atoms with Crippen LogP contribution in [0, 0.1) is 6.92 Å². The van der Waals surface area contributed by atoms with Gasteiger partial charge in [-0.25, -0.2) is 0 Å². The number of aryl methyl sites for hydroxylation is 1. The molecular weight excluding hydrogens is 342 g/mol. The summed E-state index contributed by atoms with van der Waals surface area (Å²) in [5, 5.41) is 6.72. The molecule has 0 saturated carbocycles. The number of hydrogen-bond acceptors (Lipinski definition) is 4. The minimum Gasteiger partial charge on any atom is -0.385 e. The molecule has 0 spiro atoms. The van der Waals surface area contributed by atoms with Crippen LogP contribution in [-0.2, 0) is 21.0 Å². The SMILES string of the molecule is CC(=O)Nc1ccc(/C(C)=N/OCC(=O)N(C)Cc2ccccc2C)cc1. The van der Waals surface area contributed by atoms with Gasteiger partial charge in [0.2, 0.25) is 5.91 Å². The second-order valence-corrected chi connectivity index (χ2v) is 6.38. The van der Waals surface area contributed by atoms with E-state index in [1.54, 1.807) is 31.0 Å². The fraction of sp³-hybridized carbons (Fsp3) is 0.286. The summed E-state index contributed by atoms with van der Waals surface area (Å²) in [5.74, 6) is -0.263. The number of oxime groups is 1. The molecule has 0 radical (unpaired) electrons. The molecule has 2 rings (SSSR count). The van der Waals surface area contributed by atoms with E-state index in [9.17, 15) is 9.59 Å². The number of anilines is 1. The number of likely N-dealkylation sites (N-methyl/N-ethyl adjacent to an activating group) is 1. The van der Waals surface area contributed by atoms with E-state index in [-0.39, 0.29) is 18.4 Å². The van der Waals surface area contributed by atoms with Crippen LogP contribution in [0.25, 0.3) is 0 Å². The van der Waals surface area contributed by atoms with Gasteiger partial charge in [-0.15, -0.1) is 0 Å². The first kappa shape index (κ1) is 20.2. The number of amides is 2. The number of benzene rings is 2. The van der Waals surface area contributed by atoms with Crippen molar-refractivity contribution in [3.63, 3.8) is 0 Å². The van der Waals surface area contributed by atoms with E-state index in [2.05, 4.69) is 10.5 Å². The Bertz CT molecular complexity index is 829. The van der Waals surface area contributed by atoms with Gasteiger partial charge in [-0.2, -0.15) is 0 Å². The first-order valence-electron chi connectivity index (χ1n) is 8.70. The third kappa shape index (κ3) is 6.26. The molecule has 1 N–H and O–H groups in total. The van der Waals surface area contributed by atoms with Crippen LogP contribution >= 0.6 is 0 Å². The van der Waals surface area contributed by atoms with Crippen LogP contribution in [-0.4, -0.2) is 36.1 Å². The summed E-state index contributed by atoms with van der Waals surface area (Å²) >= 11 is 0. The quantitative estimate of drug-likeness (QED) is 0.603. The molecule has 0 atom stereocenters. The highest BCUT2D eigenvalue weighted by Gasteiger charge is 2.11. The van der Waals surface area contributed by atoms with E-state index in [0.29, 0.717) is 17.9 Å². The number of carbonyl (C=O) groups excluding carboxylic acids is 2. The predicted octanol–water partition coefficient (Wildman–Crippen LogP) is 3.35. The van der Waals surface area contributed by atoms with Crippen molar-refractivity contribution >= 4 is 23.2 Å². The lowest BCUT2D eigenvalue weighted by atomic mass is 10.1. The molecule has 27 heavy (non-hydrogen) atoms. The summed E-state index contributed by atoms with van der Waals surface area (Å²) in [6.45, 7) is 5.69. The summed E-state index contributed by atoms with van der Waals surface area (Å²) in [7, 11) is 1.75. The molecule has 2 aromatic rings. The van der Waals surface area contributed by atoms with Gasteiger partial charge in [0.05, 0.1) is 5.71 Å². The number of hydrogen-bond donors (Lipinski definition) is 1. The second kappa shape index (κ2) is 9.52. The predicted molar refractivity (Wildman–Crippen MR) is 107 cm³/mol. The minimum atomic E-state index is -0.143. The fourth-order valence-electron chi connectivity index (χ4n) is 2.48. The van der Waals surface area contributed by atoms with Gasteiger partial charge in [0.1, 0.15) is 0 Å². The molecule has 0 fully saturated rings. The standard InChI is InChI=1S/C21H25N3O3/c1-15-7-5-6-8-19(15)13-24(4)21(26)14-27-23-16(2)18-9-11-20(12-10-18)22-17(3)25/h5-12H,13-14H2,1-4H3,(H,22,25)/b23-16+. The highest BCUT2D eigenvalue weighted by molar-refractivity contribution is 5.99. The van der Waals surface area contributed by atoms with Crippen LogP contribution in [0.3, 0.4) is 0 Å². The molecule has 0 aliphatic rings. The Balaban J connectivity index is 1.87. The van der Waals surface area contributed by atoms with Gasteiger partial charge in [-0.3, -0.25) is 9.59 Å². The lowest BCUT2D eigenvalue weighted by Crippen LogP contribution is -2.29. The smallest absolute Gasteiger partial charge is 0.263 e. The fourth-order valence-corrected chi connectivity index (χ4v) is 2.48. The van der Waals surface area contributed by atoms with E-state index in [0.717, 1.165) is 16.7 Å². The van der Waals surface area contributed by atoms with Crippen LogP contribution in [0.5, 0.6) is 0 Å². The number of carbonyl (C=O) groups is 2. The summed E-state index contributed by atoms with van der Waals surface area (Å²) in [4.78, 5) is 30.1. The first-order chi connectivity index (χ1) is 12.9. The molecule has 2 aromatic carbocycles. The van der Waals surface area contributed by atoms with Crippen molar-refractivity contribution in [1.29, 1.82) is 0 Å². The molecule has 0 heterocycles. The van der Waals surface area contributed by atoms with Gasteiger partial charge in [-0.05, 0) is 42.7 Å². The zero-order valence-corrected chi connectivity index (χ0v) is 16.2. The van der Waals surface area contributed by atoms with Crippen molar-refractivity contribution < 1.29 is 14.4 Å². The number of rotatable bonds is 7. The summed E-state index contributed by atoms with van der Waals surface area (Å²) < 4.78 is 0. The van der Waals surface area contributed by atoms with Crippen molar-refractivity contribution in [3.8, 4) is 0 Å². The van der Waals surface area contributed by atoms with E-state index >= 15 is 0 Å². The van der Waals surface area contributed by atoms with Crippen molar-refractivity contribution in [2.45, 2.75) is 27.3 Å². The highest BCUT2D eigenvalue weighted by Crippen LogP contribution is 2.11. The van der Waals surface area contributed by atoms with Gasteiger partial charge < -0.3 is 15.1 Å². The molecule has 0 saturated heterocycles. The van der Waals surface area contributed by atoms with Gasteiger partial charge in [0.25, 0.3) is 5.91 Å². The molecule has 0 bridgehead atoms. The average molecular weight is 367 g/mol. The van der Waals surface area contributed by atoms with E-state index in [4.69, 9.17) is 4.84 Å². The number of nitrogens with one attached hydrogen (secondary N) is 1. The van der Waals surface area contributed by atoms with E-state index < -0.39 is 0 Å². The third-order valence-corrected chi connectivity index (χ3v) is 4.11. The van der Waals surface area contributed by atoms with Crippen molar-refractivity contribution in [2.24, 2.45) is 5.16 Å². The summed E-state index contributed by atoms with van der Waals surface area (Å²) in [6, 6.07) is 15.2. The average Bonchev–Trinajstić information content (AvgIpc) is 2.63. The molecule has 0 unspecified atom stereocenters. The molecular formula is C21H25N3O3. The lowest BCUT2D eigenvalue weighted by molar-refractivity contribution is -0.135. The highest BCUT2D eigenvalue weighted by atomic mass is 16.6. The summed E-state index contributed by atoms with van der Waals surface area (Å²) in [5.41, 5.74) is 4.47. The van der Waals surface area contributed by atoms with Crippen LogP contribution in [0.15, 0.2) is 53.7 Å². The maximum Gasteiger partial charge on any atom is 0.263 e. The summed E-state index contributed by atoms with van der Waals surface area (Å²) in [6.07, 6.45) is 0. The lowest BCUT2D eigenvalue weighted by Gasteiger charge is -2.17. The maximum atomic E-state index is 12.2. The largest absolute Gasteiger partial charge is 0.385 e. The third-order valence-electron chi connectivity index (χ3n) is 4.11. The van der Waals surface area contributed by atoms with E-state index in [1.807, 2.05) is 43.3 Å². The Kier molecular flexibility index (Phi) is 7.11. The van der Waals surface area contributed by atoms with E-state index in [1.165, 1.54) is 6.92 Å². The molecule has 6 heteroatoms. The topological polar surface area (TPSA) is 71.0 Å². The Morgan fingerprint density at radius 1 is 1.07 bits per heavy atom. The normalized spacial score (nSPS) is 11.0. The second-order valence-electron chi connectivity index (χ2n) is 6.38. The van der Waals surface area contributed by atoms with Gasteiger partial charge in [-0.1, -0.05) is 41.6 Å². The van der Waals surface area contributed by atoms with Crippen molar-refractivity contribution in [3.05, 3.63) is 65.2 Å². The Hall–Kier alpha value is -3.15. The molecule has 142 valence electrons. The molecule has 0 aliphatic carbocycles. The van der Waals surface area contributed by atoms with Gasteiger partial charge in [0, 0.05) is 26.2 Å². The van der Waals surface area contributed by atoms with Gasteiger partial charge >= 0.3 is 0 Å². The van der Waals surface area contributed by atoms with Crippen molar-refractivity contribution in [2.75, 3.05) is 19.0 Å². The van der Waals surface area contributed by atoms with Gasteiger partial charge in [0.15, 0.2) is 6.61 Å². The molecule has 0 aromatic heterocycles.